The summed E-state index contributed by atoms with van der Waals surface area (Å²) >= 11 is 0. The first kappa shape index (κ1) is 16.0. The summed E-state index contributed by atoms with van der Waals surface area (Å²) < 4.78 is 11.2. The molecule has 0 bridgehead atoms. The Balaban J connectivity index is 1.39. The van der Waals surface area contributed by atoms with E-state index in [9.17, 15) is 0 Å². The largest absolute Gasteiger partial charge is 0.379 e. The molecule has 6 nitrogen and oxygen atoms in total. The maximum absolute atomic E-state index is 6.07. The molecule has 0 radical (unpaired) electrons. The van der Waals surface area contributed by atoms with Crippen molar-refractivity contribution in [2.45, 2.75) is 38.8 Å². The molecule has 1 aliphatic carbocycles. The van der Waals surface area contributed by atoms with Gasteiger partial charge in [-0.05, 0) is 12.8 Å². The van der Waals surface area contributed by atoms with Gasteiger partial charge in [0.25, 0.3) is 0 Å². The number of nitrogens with one attached hydrogen (secondary N) is 1. The highest BCUT2D eigenvalue weighted by Gasteiger charge is 2.59. The van der Waals surface area contributed by atoms with Crippen LogP contribution in [0.1, 0.15) is 26.7 Å². The molecule has 0 spiro atoms. The Bertz CT molecular complexity index is 407. The van der Waals surface area contributed by atoms with E-state index in [0.29, 0.717) is 24.0 Å². The minimum atomic E-state index is 0.148. The molecule has 3 atom stereocenters. The molecule has 2 heterocycles. The van der Waals surface area contributed by atoms with Crippen molar-refractivity contribution < 1.29 is 9.47 Å². The lowest BCUT2D eigenvalue weighted by atomic mass is 9.57. The lowest BCUT2D eigenvalue weighted by Gasteiger charge is -2.54. The number of guanidine groups is 1. The number of rotatable bonds is 5. The fourth-order valence-electron chi connectivity index (χ4n) is 4.14. The second-order valence-electron chi connectivity index (χ2n) is 7.26. The molecule has 3 rings (SSSR count). The van der Waals surface area contributed by atoms with Crippen LogP contribution in [0.15, 0.2) is 4.99 Å². The van der Waals surface area contributed by atoms with Crippen molar-refractivity contribution in [3.63, 3.8) is 0 Å². The molecule has 3 aliphatic rings. The number of nitrogens with zero attached hydrogens (tertiary/aromatic N) is 2. The van der Waals surface area contributed by atoms with Crippen LogP contribution in [-0.4, -0.2) is 69.0 Å². The van der Waals surface area contributed by atoms with E-state index in [1.54, 1.807) is 0 Å². The van der Waals surface area contributed by atoms with Crippen molar-refractivity contribution in [2.75, 3.05) is 46.0 Å². The zero-order valence-corrected chi connectivity index (χ0v) is 13.9. The first-order valence-corrected chi connectivity index (χ1v) is 8.57. The molecule has 2 aliphatic heterocycles. The minimum absolute atomic E-state index is 0.148. The third-order valence-electron chi connectivity index (χ3n) is 5.42. The summed E-state index contributed by atoms with van der Waals surface area (Å²) in [5, 5.41) is 3.43. The lowest BCUT2D eigenvalue weighted by Crippen LogP contribution is -2.67. The van der Waals surface area contributed by atoms with E-state index in [1.807, 2.05) is 0 Å². The van der Waals surface area contributed by atoms with Gasteiger partial charge in [-0.2, -0.15) is 0 Å². The SMILES string of the molecule is CC1(C)C(NC(N)=NCCCN2CCOCC2)C2CCOC21. The van der Waals surface area contributed by atoms with E-state index < -0.39 is 0 Å². The molecule has 0 aromatic carbocycles. The van der Waals surface area contributed by atoms with Gasteiger partial charge >= 0.3 is 0 Å². The normalized spacial score (nSPS) is 35.0. The Kier molecular flexibility index (Phi) is 4.90. The lowest BCUT2D eigenvalue weighted by molar-refractivity contribution is -0.106. The minimum Gasteiger partial charge on any atom is -0.379 e. The Morgan fingerprint density at radius 1 is 1.32 bits per heavy atom. The van der Waals surface area contributed by atoms with Crippen LogP contribution in [0.2, 0.25) is 0 Å². The smallest absolute Gasteiger partial charge is 0.188 e. The molecule has 6 heteroatoms. The zero-order valence-electron chi connectivity index (χ0n) is 13.9. The van der Waals surface area contributed by atoms with Crippen LogP contribution in [0.3, 0.4) is 0 Å². The van der Waals surface area contributed by atoms with Crippen molar-refractivity contribution in [3.05, 3.63) is 0 Å². The van der Waals surface area contributed by atoms with Gasteiger partial charge in [0.05, 0.1) is 19.3 Å². The Morgan fingerprint density at radius 2 is 2.09 bits per heavy atom. The summed E-state index contributed by atoms with van der Waals surface area (Å²) in [5.74, 6) is 1.18. The average Bonchev–Trinajstić information content (AvgIpc) is 2.97. The van der Waals surface area contributed by atoms with E-state index in [2.05, 4.69) is 29.1 Å². The van der Waals surface area contributed by atoms with Crippen molar-refractivity contribution in [3.8, 4) is 0 Å². The average molecular weight is 310 g/mol. The molecule has 3 unspecified atom stereocenters. The summed E-state index contributed by atoms with van der Waals surface area (Å²) in [5.41, 5.74) is 6.22. The standard InChI is InChI=1S/C16H30N4O2/c1-16(2)13(12-4-9-22-14(12)16)19-15(17)18-5-3-6-20-7-10-21-11-8-20/h12-14H,3-11H2,1-2H3,(H3,17,18,19). The fraction of sp³-hybridized carbons (Fsp3) is 0.938. The van der Waals surface area contributed by atoms with Crippen molar-refractivity contribution in [1.29, 1.82) is 0 Å². The Labute approximate surface area is 133 Å². The van der Waals surface area contributed by atoms with E-state index >= 15 is 0 Å². The summed E-state index contributed by atoms with van der Waals surface area (Å²) in [7, 11) is 0. The Hall–Kier alpha value is -0.850. The van der Waals surface area contributed by atoms with Crippen LogP contribution in [0.5, 0.6) is 0 Å². The highest BCUT2D eigenvalue weighted by atomic mass is 16.5. The molecule has 126 valence electrons. The molecule has 0 aromatic heterocycles. The van der Waals surface area contributed by atoms with Crippen molar-refractivity contribution >= 4 is 5.96 Å². The zero-order chi connectivity index (χ0) is 15.6. The predicted octanol–water partition coefficient (Wildman–Crippen LogP) is 0.427. The van der Waals surface area contributed by atoms with Gasteiger partial charge in [0, 0.05) is 50.2 Å². The maximum atomic E-state index is 6.07. The molecule has 1 saturated carbocycles. The van der Waals surface area contributed by atoms with Gasteiger partial charge in [-0.15, -0.1) is 0 Å². The van der Waals surface area contributed by atoms with E-state index in [4.69, 9.17) is 15.2 Å². The maximum Gasteiger partial charge on any atom is 0.188 e. The Morgan fingerprint density at radius 3 is 2.86 bits per heavy atom. The fourth-order valence-corrected chi connectivity index (χ4v) is 4.14. The molecular weight excluding hydrogens is 280 g/mol. The van der Waals surface area contributed by atoms with E-state index in [0.717, 1.165) is 58.8 Å². The summed E-state index contributed by atoms with van der Waals surface area (Å²) in [4.78, 5) is 6.92. The van der Waals surface area contributed by atoms with Gasteiger partial charge in [0.1, 0.15) is 0 Å². The predicted molar refractivity (Wildman–Crippen MR) is 86.9 cm³/mol. The van der Waals surface area contributed by atoms with Gasteiger partial charge in [0.2, 0.25) is 0 Å². The topological polar surface area (TPSA) is 72.1 Å². The molecule has 2 saturated heterocycles. The molecule has 0 amide bonds. The number of ether oxygens (including phenoxy) is 2. The summed E-state index contributed by atoms with van der Waals surface area (Å²) in [6, 6.07) is 0.392. The van der Waals surface area contributed by atoms with Crippen LogP contribution >= 0.6 is 0 Å². The van der Waals surface area contributed by atoms with Crippen molar-refractivity contribution in [1.82, 2.24) is 10.2 Å². The first-order valence-electron chi connectivity index (χ1n) is 8.57. The van der Waals surface area contributed by atoms with Crippen molar-refractivity contribution in [2.24, 2.45) is 22.1 Å². The molecule has 0 aromatic rings. The number of hydrogen-bond acceptors (Lipinski definition) is 4. The van der Waals surface area contributed by atoms with Crippen LogP contribution in [0.4, 0.5) is 0 Å². The quantitative estimate of drug-likeness (QED) is 0.438. The van der Waals surface area contributed by atoms with Gasteiger partial charge in [-0.25, -0.2) is 0 Å². The van der Waals surface area contributed by atoms with Gasteiger partial charge in [0.15, 0.2) is 5.96 Å². The van der Waals surface area contributed by atoms with Crippen LogP contribution in [-0.2, 0) is 9.47 Å². The third kappa shape index (κ3) is 3.24. The van der Waals surface area contributed by atoms with Crippen LogP contribution in [0, 0.1) is 11.3 Å². The van der Waals surface area contributed by atoms with Gasteiger partial charge in [-0.3, -0.25) is 9.89 Å². The number of morpholine rings is 1. The van der Waals surface area contributed by atoms with E-state index in [-0.39, 0.29) is 5.41 Å². The number of hydrogen-bond donors (Lipinski definition) is 2. The monoisotopic (exact) mass is 310 g/mol. The number of nitrogens with two attached hydrogens (primary N) is 1. The van der Waals surface area contributed by atoms with Crippen LogP contribution < -0.4 is 11.1 Å². The van der Waals surface area contributed by atoms with Crippen LogP contribution in [0.25, 0.3) is 0 Å². The second kappa shape index (κ2) is 6.72. The second-order valence-corrected chi connectivity index (χ2v) is 7.26. The van der Waals surface area contributed by atoms with E-state index in [1.165, 1.54) is 0 Å². The highest BCUT2D eigenvalue weighted by Crippen LogP contribution is 2.51. The molecule has 3 fully saturated rings. The highest BCUT2D eigenvalue weighted by molar-refractivity contribution is 5.78. The first-order chi connectivity index (χ1) is 10.6. The van der Waals surface area contributed by atoms with Gasteiger partial charge < -0.3 is 20.5 Å². The number of aliphatic imine (C=N–C) groups is 1. The molecule has 3 N–H and O–H groups in total. The third-order valence-corrected chi connectivity index (χ3v) is 5.42. The molecule has 22 heavy (non-hydrogen) atoms. The molecular formula is C16H30N4O2. The number of fused-ring (bicyclic) bond motifs is 1. The summed E-state index contributed by atoms with van der Waals surface area (Å²) in [6.07, 6.45) is 2.57. The van der Waals surface area contributed by atoms with Gasteiger partial charge in [-0.1, -0.05) is 13.8 Å². The summed E-state index contributed by atoms with van der Waals surface area (Å²) in [6.45, 7) is 11.0.